The number of anilines is 1. The molecule has 0 aliphatic heterocycles. The number of thiophene rings is 1. The molecule has 3 nitrogen and oxygen atoms in total. The Bertz CT molecular complexity index is 677. The number of nitrogens with one attached hydrogen (secondary N) is 1. The second kappa shape index (κ2) is 5.68. The summed E-state index contributed by atoms with van der Waals surface area (Å²) < 4.78 is 1.08. The van der Waals surface area contributed by atoms with Crippen molar-refractivity contribution in [3.8, 4) is 0 Å². The van der Waals surface area contributed by atoms with Crippen LogP contribution in [0.2, 0.25) is 0 Å². The lowest BCUT2D eigenvalue weighted by Crippen LogP contribution is -2.30. The van der Waals surface area contributed by atoms with Crippen molar-refractivity contribution in [1.82, 2.24) is 5.32 Å². The summed E-state index contributed by atoms with van der Waals surface area (Å²) in [6.45, 7) is 5.09. The maximum absolute atomic E-state index is 12.4. The van der Waals surface area contributed by atoms with E-state index in [2.05, 4.69) is 24.4 Å². The quantitative estimate of drug-likeness (QED) is 0.901. The number of carbonyl (C=O) groups is 1. The topological polar surface area (TPSA) is 55.1 Å². The van der Waals surface area contributed by atoms with Crippen LogP contribution in [0.5, 0.6) is 0 Å². The van der Waals surface area contributed by atoms with Crippen LogP contribution < -0.4 is 11.1 Å². The van der Waals surface area contributed by atoms with Crippen LogP contribution in [0.25, 0.3) is 10.1 Å². The first-order chi connectivity index (χ1) is 10.1. The zero-order chi connectivity index (χ0) is 15.0. The third kappa shape index (κ3) is 2.77. The summed E-state index contributed by atoms with van der Waals surface area (Å²) in [6.07, 6.45) is 3.79. The third-order valence-electron chi connectivity index (χ3n) is 4.65. The molecule has 1 amide bonds. The van der Waals surface area contributed by atoms with Crippen molar-refractivity contribution in [1.29, 1.82) is 0 Å². The van der Waals surface area contributed by atoms with Gasteiger partial charge in [-0.25, -0.2) is 0 Å². The van der Waals surface area contributed by atoms with E-state index in [1.165, 1.54) is 36.2 Å². The average Bonchev–Trinajstić information content (AvgIpc) is 3.01. The lowest BCUT2D eigenvalue weighted by atomic mass is 9.98. The molecule has 0 spiro atoms. The number of aryl methyl sites for hydroxylation is 1. The van der Waals surface area contributed by atoms with Crippen LogP contribution in [0.1, 0.15) is 41.4 Å². The van der Waals surface area contributed by atoms with E-state index < -0.39 is 0 Å². The van der Waals surface area contributed by atoms with E-state index in [0.29, 0.717) is 22.4 Å². The summed E-state index contributed by atoms with van der Waals surface area (Å²) in [5.41, 5.74) is 7.96. The number of hydrogen-bond donors (Lipinski definition) is 2. The van der Waals surface area contributed by atoms with Gasteiger partial charge in [-0.05, 0) is 37.3 Å². The molecule has 3 rings (SSSR count). The molecule has 1 saturated carbocycles. The van der Waals surface area contributed by atoms with Gasteiger partial charge in [0, 0.05) is 16.6 Å². The Kier molecular flexibility index (Phi) is 3.89. The molecule has 1 fully saturated rings. The van der Waals surface area contributed by atoms with Crippen LogP contribution in [-0.4, -0.2) is 12.5 Å². The Labute approximate surface area is 129 Å². The summed E-state index contributed by atoms with van der Waals surface area (Å²) in [5, 5.41) is 4.08. The number of fused-ring (bicyclic) bond motifs is 1. The number of rotatable bonds is 3. The fourth-order valence-corrected chi connectivity index (χ4v) is 4.25. The first kappa shape index (κ1) is 14.4. The monoisotopic (exact) mass is 302 g/mol. The summed E-state index contributed by atoms with van der Waals surface area (Å²) in [5.74, 6) is 1.31. The van der Waals surface area contributed by atoms with Gasteiger partial charge >= 0.3 is 0 Å². The first-order valence-electron chi connectivity index (χ1n) is 7.63. The minimum Gasteiger partial charge on any atom is -0.397 e. The van der Waals surface area contributed by atoms with Crippen molar-refractivity contribution in [3.05, 3.63) is 28.6 Å². The van der Waals surface area contributed by atoms with Crippen LogP contribution in [0.4, 0.5) is 5.69 Å². The van der Waals surface area contributed by atoms with Crippen LogP contribution in [0, 0.1) is 18.8 Å². The second-order valence-electron chi connectivity index (χ2n) is 6.22. The molecule has 1 heterocycles. The van der Waals surface area contributed by atoms with Gasteiger partial charge in [-0.2, -0.15) is 0 Å². The molecule has 3 N–H and O–H groups in total. The molecule has 2 atom stereocenters. The number of nitrogens with two attached hydrogens (primary N) is 1. The molecule has 112 valence electrons. The molecule has 0 saturated heterocycles. The predicted octanol–water partition coefficient (Wildman–Crippen LogP) is 3.96. The fourth-order valence-electron chi connectivity index (χ4n) is 3.23. The number of hydrogen-bond acceptors (Lipinski definition) is 3. The van der Waals surface area contributed by atoms with Crippen molar-refractivity contribution in [2.24, 2.45) is 11.8 Å². The molecule has 1 aliphatic rings. The third-order valence-corrected chi connectivity index (χ3v) is 5.84. The van der Waals surface area contributed by atoms with Crippen LogP contribution in [0.3, 0.4) is 0 Å². The van der Waals surface area contributed by atoms with Crippen molar-refractivity contribution in [2.45, 2.75) is 33.1 Å². The van der Waals surface area contributed by atoms with Crippen LogP contribution in [-0.2, 0) is 0 Å². The van der Waals surface area contributed by atoms with Gasteiger partial charge in [0.1, 0.15) is 4.88 Å². The highest BCUT2D eigenvalue weighted by Gasteiger charge is 2.24. The molecular formula is C17H22N2OS. The minimum atomic E-state index is -0.0227. The Morgan fingerprint density at radius 1 is 1.43 bits per heavy atom. The van der Waals surface area contributed by atoms with Gasteiger partial charge in [0.15, 0.2) is 0 Å². The zero-order valence-corrected chi connectivity index (χ0v) is 13.4. The standard InChI is InChI=1S/C17H22N2OS/c1-10-6-7-14-13(8-10)15(18)16(21-14)17(20)19-9-12-5-3-4-11(12)2/h6-8,11-12H,3-5,9,18H2,1-2H3,(H,19,20). The molecule has 21 heavy (non-hydrogen) atoms. The number of carbonyl (C=O) groups excluding carboxylic acids is 1. The summed E-state index contributed by atoms with van der Waals surface area (Å²) >= 11 is 1.49. The molecule has 2 aromatic rings. The van der Waals surface area contributed by atoms with E-state index in [9.17, 15) is 4.79 Å². The van der Waals surface area contributed by atoms with Gasteiger partial charge in [0.2, 0.25) is 0 Å². The molecule has 2 unspecified atom stereocenters. The van der Waals surface area contributed by atoms with Crippen molar-refractivity contribution >= 4 is 33.0 Å². The smallest absolute Gasteiger partial charge is 0.263 e. The molecule has 1 aromatic carbocycles. The van der Waals surface area contributed by atoms with Gasteiger partial charge in [-0.15, -0.1) is 11.3 Å². The van der Waals surface area contributed by atoms with E-state index >= 15 is 0 Å². The molecule has 1 aromatic heterocycles. The minimum absolute atomic E-state index is 0.0227. The summed E-state index contributed by atoms with van der Waals surface area (Å²) in [7, 11) is 0. The molecule has 0 radical (unpaired) electrons. The van der Waals surface area contributed by atoms with E-state index in [4.69, 9.17) is 5.73 Å². The van der Waals surface area contributed by atoms with Crippen molar-refractivity contribution in [3.63, 3.8) is 0 Å². The highest BCUT2D eigenvalue weighted by molar-refractivity contribution is 7.21. The second-order valence-corrected chi connectivity index (χ2v) is 7.27. The predicted molar refractivity (Wildman–Crippen MR) is 89.8 cm³/mol. The van der Waals surface area contributed by atoms with Crippen LogP contribution in [0.15, 0.2) is 18.2 Å². The normalized spacial score (nSPS) is 21.8. The number of amides is 1. The lowest BCUT2D eigenvalue weighted by molar-refractivity contribution is 0.0949. The van der Waals surface area contributed by atoms with Crippen molar-refractivity contribution < 1.29 is 4.79 Å². The van der Waals surface area contributed by atoms with Crippen LogP contribution >= 0.6 is 11.3 Å². The maximum Gasteiger partial charge on any atom is 0.263 e. The van der Waals surface area contributed by atoms with E-state index in [1.807, 2.05) is 13.0 Å². The number of nitrogen functional groups attached to an aromatic ring is 1. The lowest BCUT2D eigenvalue weighted by Gasteiger charge is -2.15. The fraction of sp³-hybridized carbons (Fsp3) is 0.471. The Balaban J connectivity index is 1.76. The highest BCUT2D eigenvalue weighted by Crippen LogP contribution is 2.34. The Hall–Kier alpha value is -1.55. The molecule has 0 bridgehead atoms. The van der Waals surface area contributed by atoms with E-state index in [0.717, 1.165) is 16.6 Å². The number of benzene rings is 1. The molecular weight excluding hydrogens is 280 g/mol. The SMILES string of the molecule is Cc1ccc2sc(C(=O)NCC3CCCC3C)c(N)c2c1. The van der Waals surface area contributed by atoms with Gasteiger partial charge in [0.05, 0.1) is 5.69 Å². The largest absolute Gasteiger partial charge is 0.397 e. The zero-order valence-electron chi connectivity index (χ0n) is 12.6. The summed E-state index contributed by atoms with van der Waals surface area (Å²) in [6, 6.07) is 6.15. The van der Waals surface area contributed by atoms with Gasteiger partial charge in [-0.1, -0.05) is 31.4 Å². The average molecular weight is 302 g/mol. The van der Waals surface area contributed by atoms with E-state index in [1.54, 1.807) is 0 Å². The highest BCUT2D eigenvalue weighted by atomic mass is 32.1. The summed E-state index contributed by atoms with van der Waals surface area (Å²) in [4.78, 5) is 13.1. The molecule has 4 heteroatoms. The Morgan fingerprint density at radius 2 is 2.24 bits per heavy atom. The first-order valence-corrected chi connectivity index (χ1v) is 8.44. The molecule has 1 aliphatic carbocycles. The van der Waals surface area contributed by atoms with Gasteiger partial charge in [0.25, 0.3) is 5.91 Å². The van der Waals surface area contributed by atoms with Crippen molar-refractivity contribution in [2.75, 3.05) is 12.3 Å². The van der Waals surface area contributed by atoms with Gasteiger partial charge in [-0.3, -0.25) is 4.79 Å². The maximum atomic E-state index is 12.4. The Morgan fingerprint density at radius 3 is 2.95 bits per heavy atom. The van der Waals surface area contributed by atoms with Gasteiger partial charge < -0.3 is 11.1 Å². The van der Waals surface area contributed by atoms with E-state index in [-0.39, 0.29) is 5.91 Å².